The summed E-state index contributed by atoms with van der Waals surface area (Å²) in [6.45, 7) is 2.28. The van der Waals surface area contributed by atoms with E-state index in [0.29, 0.717) is 12.4 Å². The van der Waals surface area contributed by atoms with Gasteiger partial charge in [0.1, 0.15) is 11.5 Å². The number of rotatable bonds is 13. The third kappa shape index (κ3) is 7.26. The van der Waals surface area contributed by atoms with Crippen LogP contribution in [0.25, 0.3) is 0 Å². The number of hydrogen-bond acceptors (Lipinski definition) is 7. The van der Waals surface area contributed by atoms with Crippen LogP contribution >= 0.6 is 11.8 Å². The Hall–Kier alpha value is -1.67. The van der Waals surface area contributed by atoms with E-state index in [1.54, 1.807) is 11.8 Å². The molecular weight excluding hydrogens is 388 g/mol. The summed E-state index contributed by atoms with van der Waals surface area (Å²) < 4.78 is 5.80. The Morgan fingerprint density at radius 1 is 1.28 bits per heavy atom. The van der Waals surface area contributed by atoms with Gasteiger partial charge in [-0.3, -0.25) is 10.1 Å². The Bertz CT molecular complexity index is 691. The van der Waals surface area contributed by atoms with Crippen LogP contribution in [0.3, 0.4) is 0 Å². The molecule has 2 fully saturated rings. The maximum Gasteiger partial charge on any atom is 0.274 e. The predicted molar refractivity (Wildman–Crippen MR) is 117 cm³/mol. The van der Waals surface area contributed by atoms with E-state index in [9.17, 15) is 10.1 Å². The van der Waals surface area contributed by atoms with Crippen LogP contribution in [0.4, 0.5) is 0 Å². The van der Waals surface area contributed by atoms with Gasteiger partial charge in [-0.25, -0.2) is 0 Å². The average molecular weight is 423 g/mol. The predicted octanol–water partition coefficient (Wildman–Crippen LogP) is 3.66. The quantitative estimate of drug-likeness (QED) is 0.285. The average Bonchev–Trinajstić information content (AvgIpc) is 3.37. The number of nitrogens with zero attached hydrogens (tertiary/aromatic N) is 2. The highest BCUT2D eigenvalue weighted by Crippen LogP contribution is 2.49. The van der Waals surface area contributed by atoms with Crippen molar-refractivity contribution in [2.75, 3.05) is 32.9 Å². The van der Waals surface area contributed by atoms with Gasteiger partial charge in [-0.1, -0.05) is 6.42 Å². The molecule has 7 nitrogen and oxygen atoms in total. The molecule has 3 rings (SSSR count). The summed E-state index contributed by atoms with van der Waals surface area (Å²) in [5.74, 6) is 6.77. The van der Waals surface area contributed by atoms with Gasteiger partial charge in [0.15, 0.2) is 5.82 Å². The van der Waals surface area contributed by atoms with Gasteiger partial charge >= 0.3 is 0 Å². The maximum absolute atomic E-state index is 10.9. The highest BCUT2D eigenvalue weighted by atomic mass is 32.2. The second-order valence-electron chi connectivity index (χ2n) is 8.56. The molecule has 0 saturated heterocycles. The number of furan rings is 1. The summed E-state index contributed by atoms with van der Waals surface area (Å²) in [4.78, 5) is 12.6. The smallest absolute Gasteiger partial charge is 0.274 e. The molecule has 3 unspecified atom stereocenters. The van der Waals surface area contributed by atoms with Gasteiger partial charge in [0.25, 0.3) is 6.20 Å². The summed E-state index contributed by atoms with van der Waals surface area (Å²) >= 11 is 1.76. The number of nitro groups is 1. The Morgan fingerprint density at radius 3 is 2.76 bits per heavy atom. The van der Waals surface area contributed by atoms with E-state index in [4.69, 9.17) is 4.42 Å². The third-order valence-electron chi connectivity index (χ3n) is 5.95. The van der Waals surface area contributed by atoms with Crippen molar-refractivity contribution in [3.8, 4) is 0 Å². The molecule has 2 aliphatic rings. The zero-order valence-corrected chi connectivity index (χ0v) is 18.4. The summed E-state index contributed by atoms with van der Waals surface area (Å²) in [7, 11) is 4.04. The number of nitrogens with one attached hydrogen (secondary N) is 2. The summed E-state index contributed by atoms with van der Waals surface area (Å²) in [5.41, 5.74) is 0. The lowest BCUT2D eigenvalue weighted by molar-refractivity contribution is -0.404. The van der Waals surface area contributed by atoms with E-state index in [1.165, 1.54) is 25.7 Å². The monoisotopic (exact) mass is 422 g/mol. The molecule has 2 N–H and O–H groups in total. The zero-order chi connectivity index (χ0) is 20.6. The molecule has 0 amide bonds. The van der Waals surface area contributed by atoms with E-state index in [2.05, 4.69) is 15.5 Å². The molecule has 0 aromatic carbocycles. The second-order valence-corrected chi connectivity index (χ2v) is 9.67. The SMILES string of the molecule is CN(C)Cc1ccc(CSCCNC(=C[N+](=O)[O-])NCCC2CC3CCC2C3)o1. The minimum Gasteiger partial charge on any atom is -0.464 e. The molecule has 2 bridgehead atoms. The Labute approximate surface area is 177 Å². The van der Waals surface area contributed by atoms with Gasteiger partial charge in [-0.05, 0) is 69.7 Å². The lowest BCUT2D eigenvalue weighted by Crippen LogP contribution is -2.31. The highest BCUT2D eigenvalue weighted by Gasteiger charge is 2.38. The van der Waals surface area contributed by atoms with Crippen LogP contribution in [0.1, 0.15) is 43.6 Å². The molecular formula is C21H34N4O3S. The third-order valence-corrected chi connectivity index (χ3v) is 6.93. The van der Waals surface area contributed by atoms with Gasteiger partial charge in [0.2, 0.25) is 0 Å². The van der Waals surface area contributed by atoms with Crippen molar-refractivity contribution in [1.82, 2.24) is 15.5 Å². The number of fused-ring (bicyclic) bond motifs is 2. The molecule has 1 aromatic rings. The minimum absolute atomic E-state index is 0.394. The van der Waals surface area contributed by atoms with Crippen LogP contribution in [-0.2, 0) is 12.3 Å². The maximum atomic E-state index is 10.9. The van der Waals surface area contributed by atoms with Crippen molar-refractivity contribution in [1.29, 1.82) is 0 Å². The van der Waals surface area contributed by atoms with E-state index >= 15 is 0 Å². The summed E-state index contributed by atoms with van der Waals surface area (Å²) in [5, 5.41) is 17.3. The van der Waals surface area contributed by atoms with Gasteiger partial charge in [-0.15, -0.1) is 0 Å². The molecule has 0 aliphatic heterocycles. The van der Waals surface area contributed by atoms with Crippen molar-refractivity contribution in [2.45, 2.75) is 44.4 Å². The first kappa shape index (κ1) is 22.0. The number of hydrogen-bond donors (Lipinski definition) is 2. The fourth-order valence-corrected chi connectivity index (χ4v) is 5.46. The topological polar surface area (TPSA) is 83.6 Å². The van der Waals surface area contributed by atoms with Crippen molar-refractivity contribution < 1.29 is 9.34 Å². The largest absolute Gasteiger partial charge is 0.464 e. The normalized spacial score (nSPS) is 23.7. The Balaban J connectivity index is 1.31. The molecule has 8 heteroatoms. The Kier molecular flexibility index (Phi) is 8.29. The Morgan fingerprint density at radius 2 is 2.07 bits per heavy atom. The first-order valence-electron chi connectivity index (χ1n) is 10.6. The lowest BCUT2D eigenvalue weighted by Gasteiger charge is -2.22. The van der Waals surface area contributed by atoms with E-state index in [0.717, 1.165) is 66.5 Å². The zero-order valence-electron chi connectivity index (χ0n) is 17.6. The highest BCUT2D eigenvalue weighted by molar-refractivity contribution is 7.98. The molecule has 0 spiro atoms. The molecule has 162 valence electrons. The second kappa shape index (κ2) is 10.9. The van der Waals surface area contributed by atoms with Crippen LogP contribution in [0.15, 0.2) is 28.6 Å². The molecule has 29 heavy (non-hydrogen) atoms. The van der Waals surface area contributed by atoms with Gasteiger partial charge < -0.3 is 20.0 Å². The van der Waals surface area contributed by atoms with Crippen molar-refractivity contribution >= 4 is 11.8 Å². The number of thioether (sulfide) groups is 1. The molecule has 0 radical (unpaired) electrons. The van der Waals surface area contributed by atoms with Crippen LogP contribution in [0.2, 0.25) is 0 Å². The van der Waals surface area contributed by atoms with Crippen LogP contribution in [-0.4, -0.2) is 42.8 Å². The van der Waals surface area contributed by atoms with Crippen LogP contribution in [0, 0.1) is 27.9 Å². The van der Waals surface area contributed by atoms with Crippen LogP contribution in [0.5, 0.6) is 0 Å². The standard InChI is InChI=1S/C21H34N4O3S/c1-24(2)13-19-5-6-20(28-19)15-29-10-9-23-21(14-25(26)27)22-8-7-18-12-16-3-4-17(18)11-16/h5-6,14,16-18,22-23H,3-4,7-13,15H2,1-2H3. The molecule has 1 aromatic heterocycles. The van der Waals surface area contributed by atoms with E-state index in [1.807, 2.05) is 26.2 Å². The van der Waals surface area contributed by atoms with Crippen LogP contribution < -0.4 is 10.6 Å². The van der Waals surface area contributed by atoms with Gasteiger partial charge in [0, 0.05) is 18.8 Å². The fraction of sp³-hybridized carbons (Fsp3) is 0.714. The summed E-state index contributed by atoms with van der Waals surface area (Å²) in [6.07, 6.45) is 7.72. The van der Waals surface area contributed by atoms with Crippen molar-refractivity contribution in [2.24, 2.45) is 17.8 Å². The first-order valence-corrected chi connectivity index (χ1v) is 11.8. The van der Waals surface area contributed by atoms with E-state index in [-0.39, 0.29) is 0 Å². The minimum atomic E-state index is -0.394. The fourth-order valence-electron chi connectivity index (χ4n) is 4.71. The first-order chi connectivity index (χ1) is 14.0. The van der Waals surface area contributed by atoms with E-state index < -0.39 is 4.92 Å². The van der Waals surface area contributed by atoms with Gasteiger partial charge in [-0.2, -0.15) is 11.8 Å². The molecule has 2 saturated carbocycles. The summed E-state index contributed by atoms with van der Waals surface area (Å²) in [6, 6.07) is 4.04. The molecule has 2 aliphatic carbocycles. The van der Waals surface area contributed by atoms with Crippen molar-refractivity contribution in [3.05, 3.63) is 45.8 Å². The lowest BCUT2D eigenvalue weighted by atomic mass is 9.86. The molecule has 1 heterocycles. The molecule has 3 atom stereocenters. The van der Waals surface area contributed by atoms with Gasteiger partial charge in [0.05, 0.1) is 17.2 Å². The van der Waals surface area contributed by atoms with Crippen molar-refractivity contribution in [3.63, 3.8) is 0 Å².